The molecule has 1 heteroatoms. The van der Waals surface area contributed by atoms with E-state index in [0.717, 1.165) is 19.1 Å². The number of aldehydes is 1. The highest BCUT2D eigenvalue weighted by Crippen LogP contribution is 2.40. The van der Waals surface area contributed by atoms with Crippen LogP contribution in [0.2, 0.25) is 0 Å². The summed E-state index contributed by atoms with van der Waals surface area (Å²) in [7, 11) is 0. The van der Waals surface area contributed by atoms with E-state index in [4.69, 9.17) is 0 Å². The molecule has 1 nitrogen and oxygen atoms in total. The van der Waals surface area contributed by atoms with Gasteiger partial charge in [-0.3, -0.25) is 0 Å². The van der Waals surface area contributed by atoms with E-state index in [-0.39, 0.29) is 5.41 Å². The van der Waals surface area contributed by atoms with Crippen LogP contribution in [-0.4, -0.2) is 6.29 Å². The fourth-order valence-electron chi connectivity index (χ4n) is 1.50. The van der Waals surface area contributed by atoms with E-state index in [0.29, 0.717) is 6.42 Å². The summed E-state index contributed by atoms with van der Waals surface area (Å²) in [5.74, 6) is 0. The van der Waals surface area contributed by atoms with Crippen LogP contribution in [0.25, 0.3) is 0 Å². The van der Waals surface area contributed by atoms with E-state index >= 15 is 0 Å². The summed E-state index contributed by atoms with van der Waals surface area (Å²) in [4.78, 5) is 10.3. The summed E-state index contributed by atoms with van der Waals surface area (Å²) >= 11 is 0. The zero-order valence-electron chi connectivity index (χ0n) is 6.68. The van der Waals surface area contributed by atoms with Crippen LogP contribution < -0.4 is 0 Å². The highest BCUT2D eigenvalue weighted by atomic mass is 16.1. The number of rotatable bonds is 2. The van der Waals surface area contributed by atoms with Crippen molar-refractivity contribution in [2.75, 3.05) is 0 Å². The van der Waals surface area contributed by atoms with Gasteiger partial charge >= 0.3 is 0 Å². The monoisotopic (exact) mass is 138 g/mol. The number of carbonyl (C=O) groups excluding carboxylic acids is 1. The van der Waals surface area contributed by atoms with Crippen LogP contribution in [-0.2, 0) is 4.79 Å². The lowest BCUT2D eigenvalue weighted by molar-refractivity contribution is -0.109. The standard InChI is InChI=1S/C9H14O/c1-8-4-3-5-9(8,2)6-7-10/h4,7H,3,5-6H2,1-2H3. The lowest BCUT2D eigenvalue weighted by atomic mass is 9.81. The van der Waals surface area contributed by atoms with E-state index in [1.807, 2.05) is 0 Å². The zero-order chi connectivity index (χ0) is 7.61. The van der Waals surface area contributed by atoms with Gasteiger partial charge in [0.2, 0.25) is 0 Å². The van der Waals surface area contributed by atoms with Gasteiger partial charge in [0.15, 0.2) is 0 Å². The molecule has 1 rings (SSSR count). The smallest absolute Gasteiger partial charge is 0.120 e. The minimum Gasteiger partial charge on any atom is -0.303 e. The van der Waals surface area contributed by atoms with E-state index in [9.17, 15) is 4.79 Å². The lowest BCUT2D eigenvalue weighted by Crippen LogP contribution is -2.14. The molecule has 1 aliphatic rings. The molecule has 0 bridgehead atoms. The molecule has 0 spiro atoms. The first-order valence-electron chi connectivity index (χ1n) is 3.80. The van der Waals surface area contributed by atoms with Gasteiger partial charge in [-0.1, -0.05) is 18.6 Å². The predicted molar refractivity (Wildman–Crippen MR) is 41.8 cm³/mol. The van der Waals surface area contributed by atoms with Crippen molar-refractivity contribution in [2.24, 2.45) is 5.41 Å². The number of allylic oxidation sites excluding steroid dienone is 2. The highest BCUT2D eigenvalue weighted by molar-refractivity contribution is 5.52. The van der Waals surface area contributed by atoms with Gasteiger partial charge < -0.3 is 4.79 Å². The third-order valence-corrected chi connectivity index (χ3v) is 2.63. The molecule has 1 atom stereocenters. The molecule has 0 radical (unpaired) electrons. The summed E-state index contributed by atoms with van der Waals surface area (Å²) < 4.78 is 0. The van der Waals surface area contributed by atoms with E-state index in [1.54, 1.807) is 0 Å². The third-order valence-electron chi connectivity index (χ3n) is 2.63. The van der Waals surface area contributed by atoms with Crippen molar-refractivity contribution >= 4 is 6.29 Å². The molecule has 1 aliphatic carbocycles. The SMILES string of the molecule is CC1=CCCC1(C)CC=O. The molecule has 10 heavy (non-hydrogen) atoms. The summed E-state index contributed by atoms with van der Waals surface area (Å²) in [6.07, 6.45) is 6.26. The molecule has 0 saturated carbocycles. The maximum absolute atomic E-state index is 10.3. The second-order valence-electron chi connectivity index (χ2n) is 3.36. The Balaban J connectivity index is 2.68. The second-order valence-corrected chi connectivity index (χ2v) is 3.36. The Morgan fingerprint density at radius 2 is 2.50 bits per heavy atom. The lowest BCUT2D eigenvalue weighted by Gasteiger charge is -2.22. The Kier molecular flexibility index (Phi) is 1.93. The number of hydrogen-bond acceptors (Lipinski definition) is 1. The Hall–Kier alpha value is -0.590. The molecule has 0 amide bonds. The molecule has 0 aliphatic heterocycles. The van der Waals surface area contributed by atoms with Gasteiger partial charge in [-0.25, -0.2) is 0 Å². The van der Waals surface area contributed by atoms with Crippen LogP contribution in [0.15, 0.2) is 11.6 Å². The molecular weight excluding hydrogens is 124 g/mol. The van der Waals surface area contributed by atoms with Crippen molar-refractivity contribution in [2.45, 2.75) is 33.1 Å². The van der Waals surface area contributed by atoms with E-state index < -0.39 is 0 Å². The van der Waals surface area contributed by atoms with E-state index in [1.165, 1.54) is 5.57 Å². The maximum atomic E-state index is 10.3. The molecule has 0 saturated heterocycles. The molecular formula is C9H14O. The molecule has 0 aromatic heterocycles. The van der Waals surface area contributed by atoms with Crippen LogP contribution in [0.3, 0.4) is 0 Å². The molecule has 0 N–H and O–H groups in total. The third kappa shape index (κ3) is 1.13. The van der Waals surface area contributed by atoms with Gasteiger partial charge in [0, 0.05) is 6.42 Å². The summed E-state index contributed by atoms with van der Waals surface area (Å²) in [5, 5.41) is 0. The van der Waals surface area contributed by atoms with Gasteiger partial charge in [-0.05, 0) is 25.2 Å². The zero-order valence-corrected chi connectivity index (χ0v) is 6.68. The maximum Gasteiger partial charge on any atom is 0.120 e. The molecule has 56 valence electrons. The molecule has 0 aromatic carbocycles. The number of carbonyl (C=O) groups is 1. The fourth-order valence-corrected chi connectivity index (χ4v) is 1.50. The van der Waals surface area contributed by atoms with Crippen molar-refractivity contribution in [1.82, 2.24) is 0 Å². The topological polar surface area (TPSA) is 17.1 Å². The van der Waals surface area contributed by atoms with Crippen molar-refractivity contribution in [3.8, 4) is 0 Å². The van der Waals surface area contributed by atoms with Crippen molar-refractivity contribution < 1.29 is 4.79 Å². The summed E-state index contributed by atoms with van der Waals surface area (Å²) in [6.45, 7) is 4.29. The average Bonchev–Trinajstić information content (AvgIpc) is 2.15. The highest BCUT2D eigenvalue weighted by Gasteiger charge is 2.28. The normalized spacial score (nSPS) is 32.0. The largest absolute Gasteiger partial charge is 0.303 e. The van der Waals surface area contributed by atoms with Gasteiger partial charge in [0.05, 0.1) is 0 Å². The van der Waals surface area contributed by atoms with E-state index in [2.05, 4.69) is 19.9 Å². The Morgan fingerprint density at radius 3 is 2.90 bits per heavy atom. The minimum absolute atomic E-state index is 0.196. The first kappa shape index (κ1) is 7.52. The Morgan fingerprint density at radius 1 is 1.80 bits per heavy atom. The van der Waals surface area contributed by atoms with Crippen molar-refractivity contribution in [3.63, 3.8) is 0 Å². The Labute approximate surface area is 62.1 Å². The van der Waals surface area contributed by atoms with Gasteiger partial charge in [-0.2, -0.15) is 0 Å². The first-order chi connectivity index (χ1) is 4.69. The molecule has 0 heterocycles. The van der Waals surface area contributed by atoms with Crippen molar-refractivity contribution in [3.05, 3.63) is 11.6 Å². The van der Waals surface area contributed by atoms with Gasteiger partial charge in [0.1, 0.15) is 6.29 Å². The average molecular weight is 138 g/mol. The predicted octanol–water partition coefficient (Wildman–Crippen LogP) is 2.32. The number of hydrogen-bond donors (Lipinski definition) is 0. The molecule has 0 fully saturated rings. The summed E-state index contributed by atoms with van der Waals surface area (Å²) in [6, 6.07) is 0. The van der Waals surface area contributed by atoms with Gasteiger partial charge in [0.25, 0.3) is 0 Å². The molecule has 0 aromatic rings. The van der Waals surface area contributed by atoms with Crippen LogP contribution >= 0.6 is 0 Å². The molecule has 1 unspecified atom stereocenters. The van der Waals surface area contributed by atoms with Crippen molar-refractivity contribution in [1.29, 1.82) is 0 Å². The first-order valence-corrected chi connectivity index (χ1v) is 3.80. The van der Waals surface area contributed by atoms with Gasteiger partial charge in [-0.15, -0.1) is 0 Å². The quantitative estimate of drug-likeness (QED) is 0.423. The summed E-state index contributed by atoms with van der Waals surface area (Å²) in [5.41, 5.74) is 1.58. The van der Waals surface area contributed by atoms with Crippen LogP contribution in [0.1, 0.15) is 33.1 Å². The fraction of sp³-hybridized carbons (Fsp3) is 0.667. The second kappa shape index (κ2) is 2.57. The Bertz CT molecular complexity index is 170. The van der Waals surface area contributed by atoms with Crippen LogP contribution in [0, 0.1) is 5.41 Å². The minimum atomic E-state index is 0.196. The van der Waals surface area contributed by atoms with Crippen LogP contribution in [0.5, 0.6) is 0 Å². The van der Waals surface area contributed by atoms with Crippen LogP contribution in [0.4, 0.5) is 0 Å².